The van der Waals surface area contributed by atoms with Crippen molar-refractivity contribution in [2.24, 2.45) is 0 Å². The number of hydrogen-bond donors (Lipinski definition) is 1. The second-order valence-corrected chi connectivity index (χ2v) is 2.28. The van der Waals surface area contributed by atoms with E-state index in [0.717, 1.165) is 6.42 Å². The van der Waals surface area contributed by atoms with Crippen LogP contribution in [0.4, 0.5) is 0 Å². The van der Waals surface area contributed by atoms with Gasteiger partial charge < -0.3 is 5.32 Å². The highest BCUT2D eigenvalue weighted by Crippen LogP contribution is 2.03. The lowest BCUT2D eigenvalue weighted by molar-refractivity contribution is -0.115. The number of ketones is 1. The molecule has 1 N–H and O–H groups in total. The van der Waals surface area contributed by atoms with E-state index in [9.17, 15) is 4.79 Å². The monoisotopic (exact) mass is 125 g/mol. The second kappa shape index (κ2) is 2.67. The van der Waals surface area contributed by atoms with Crippen molar-refractivity contribution in [3.8, 4) is 0 Å². The van der Waals surface area contributed by atoms with Crippen LogP contribution in [0.15, 0.2) is 12.3 Å². The summed E-state index contributed by atoms with van der Waals surface area (Å²) in [7, 11) is 0. The zero-order valence-electron chi connectivity index (χ0n) is 5.55. The fraction of sp³-hybridized carbons (Fsp3) is 0.571. The molecule has 0 bridgehead atoms. The highest BCUT2D eigenvalue weighted by atomic mass is 16.1. The fourth-order valence-electron chi connectivity index (χ4n) is 0.909. The van der Waals surface area contributed by atoms with Crippen molar-refractivity contribution < 1.29 is 4.79 Å². The number of allylic oxidation sites excluding steroid dienone is 1. The van der Waals surface area contributed by atoms with Crippen molar-refractivity contribution in [3.05, 3.63) is 12.3 Å². The van der Waals surface area contributed by atoms with Gasteiger partial charge in [-0.15, -0.1) is 0 Å². The first-order valence-corrected chi connectivity index (χ1v) is 3.28. The minimum absolute atomic E-state index is 0.237. The second-order valence-electron chi connectivity index (χ2n) is 2.28. The van der Waals surface area contributed by atoms with Gasteiger partial charge in [0.15, 0.2) is 5.78 Å². The highest BCUT2D eigenvalue weighted by molar-refractivity contribution is 5.90. The fourth-order valence-corrected chi connectivity index (χ4v) is 0.909. The lowest BCUT2D eigenvalue weighted by atomic mass is 10.1. The van der Waals surface area contributed by atoms with E-state index in [1.54, 1.807) is 12.3 Å². The summed E-state index contributed by atoms with van der Waals surface area (Å²) >= 11 is 0. The molecule has 0 saturated heterocycles. The van der Waals surface area contributed by atoms with Crippen LogP contribution in [0.3, 0.4) is 0 Å². The smallest absolute Gasteiger partial charge is 0.159 e. The van der Waals surface area contributed by atoms with Crippen LogP contribution in [0.2, 0.25) is 0 Å². The van der Waals surface area contributed by atoms with E-state index in [-0.39, 0.29) is 5.78 Å². The van der Waals surface area contributed by atoms with Gasteiger partial charge in [-0.25, -0.2) is 0 Å². The quantitative estimate of drug-likeness (QED) is 0.562. The first-order chi connectivity index (χ1) is 4.33. The van der Waals surface area contributed by atoms with Crippen LogP contribution < -0.4 is 5.32 Å². The average molecular weight is 125 g/mol. The molecule has 0 fully saturated rings. The maximum atomic E-state index is 10.7. The molecule has 0 radical (unpaired) electrons. The summed E-state index contributed by atoms with van der Waals surface area (Å²) in [5, 5.41) is 3.10. The van der Waals surface area contributed by atoms with Crippen LogP contribution in [-0.4, -0.2) is 11.8 Å². The standard InChI is InChI=1S/C7H11NO/c1-2-6-5-7(9)3-4-8-6/h3-4,6,8H,2,5H2,1H3/t6-/m1/s1. The zero-order valence-corrected chi connectivity index (χ0v) is 5.55. The van der Waals surface area contributed by atoms with Crippen LogP contribution in [0.5, 0.6) is 0 Å². The van der Waals surface area contributed by atoms with E-state index < -0.39 is 0 Å². The van der Waals surface area contributed by atoms with Crippen molar-refractivity contribution in [3.63, 3.8) is 0 Å². The first kappa shape index (κ1) is 6.33. The number of carbonyl (C=O) groups is 1. The number of nitrogens with one attached hydrogen (secondary N) is 1. The summed E-state index contributed by atoms with van der Waals surface area (Å²) in [4.78, 5) is 10.7. The van der Waals surface area contributed by atoms with E-state index in [0.29, 0.717) is 12.5 Å². The molecule has 1 rings (SSSR count). The maximum absolute atomic E-state index is 10.7. The van der Waals surface area contributed by atoms with Crippen molar-refractivity contribution >= 4 is 5.78 Å². The van der Waals surface area contributed by atoms with Gasteiger partial charge in [0.25, 0.3) is 0 Å². The molecule has 1 aliphatic heterocycles. The minimum atomic E-state index is 0.237. The van der Waals surface area contributed by atoms with Gasteiger partial charge in [0, 0.05) is 18.7 Å². The molecule has 1 aliphatic rings. The lowest BCUT2D eigenvalue weighted by Gasteiger charge is -2.16. The zero-order chi connectivity index (χ0) is 6.69. The van der Waals surface area contributed by atoms with Crippen molar-refractivity contribution in [2.45, 2.75) is 25.8 Å². The summed E-state index contributed by atoms with van der Waals surface area (Å²) in [6.45, 7) is 2.07. The molecule has 2 heteroatoms. The summed E-state index contributed by atoms with van der Waals surface area (Å²) in [6, 6.07) is 0.377. The third kappa shape index (κ3) is 1.56. The van der Waals surface area contributed by atoms with E-state index in [1.165, 1.54) is 0 Å². The van der Waals surface area contributed by atoms with Crippen LogP contribution >= 0.6 is 0 Å². The van der Waals surface area contributed by atoms with Gasteiger partial charge in [0.2, 0.25) is 0 Å². The van der Waals surface area contributed by atoms with E-state index in [4.69, 9.17) is 0 Å². The van der Waals surface area contributed by atoms with Gasteiger partial charge in [0.05, 0.1) is 0 Å². The highest BCUT2D eigenvalue weighted by Gasteiger charge is 2.11. The Morgan fingerprint density at radius 3 is 3.11 bits per heavy atom. The molecule has 9 heavy (non-hydrogen) atoms. The Bertz CT molecular complexity index is 140. The first-order valence-electron chi connectivity index (χ1n) is 3.28. The Morgan fingerprint density at radius 1 is 1.89 bits per heavy atom. The van der Waals surface area contributed by atoms with Gasteiger partial charge >= 0.3 is 0 Å². The average Bonchev–Trinajstić information content (AvgIpc) is 1.88. The topological polar surface area (TPSA) is 29.1 Å². The van der Waals surface area contributed by atoms with E-state index in [1.807, 2.05) is 0 Å². The van der Waals surface area contributed by atoms with Crippen molar-refractivity contribution in [1.82, 2.24) is 5.32 Å². The lowest BCUT2D eigenvalue weighted by Crippen LogP contribution is -2.29. The molecule has 0 saturated carbocycles. The van der Waals surface area contributed by atoms with E-state index >= 15 is 0 Å². The minimum Gasteiger partial charge on any atom is -0.388 e. The summed E-state index contributed by atoms with van der Waals surface area (Å²) < 4.78 is 0. The Balaban J connectivity index is 2.47. The van der Waals surface area contributed by atoms with Crippen LogP contribution in [-0.2, 0) is 4.79 Å². The number of carbonyl (C=O) groups excluding carboxylic acids is 1. The molecule has 1 heterocycles. The predicted octanol–water partition coefficient (Wildman–Crippen LogP) is 0.841. The van der Waals surface area contributed by atoms with E-state index in [2.05, 4.69) is 12.2 Å². The molecule has 0 amide bonds. The molecule has 2 nitrogen and oxygen atoms in total. The molecular weight excluding hydrogens is 114 g/mol. The molecule has 0 unspecified atom stereocenters. The van der Waals surface area contributed by atoms with Crippen molar-refractivity contribution in [2.75, 3.05) is 0 Å². The Kier molecular flexibility index (Phi) is 1.88. The summed E-state index contributed by atoms with van der Waals surface area (Å²) in [5.41, 5.74) is 0. The molecule has 1 atom stereocenters. The third-order valence-electron chi connectivity index (χ3n) is 1.54. The van der Waals surface area contributed by atoms with Crippen LogP contribution in [0, 0.1) is 0 Å². The van der Waals surface area contributed by atoms with Crippen LogP contribution in [0.25, 0.3) is 0 Å². The van der Waals surface area contributed by atoms with Gasteiger partial charge in [-0.05, 0) is 12.5 Å². The largest absolute Gasteiger partial charge is 0.388 e. The predicted molar refractivity (Wildman–Crippen MR) is 36.0 cm³/mol. The Hall–Kier alpha value is -0.790. The maximum Gasteiger partial charge on any atom is 0.159 e. The van der Waals surface area contributed by atoms with Gasteiger partial charge in [0.1, 0.15) is 0 Å². The number of hydrogen-bond acceptors (Lipinski definition) is 2. The Labute approximate surface area is 54.9 Å². The SMILES string of the molecule is CC[C@@H]1CC(=O)C=CN1. The third-order valence-corrected chi connectivity index (χ3v) is 1.54. The molecule has 0 aromatic heterocycles. The molecule has 0 aromatic carbocycles. The van der Waals surface area contributed by atoms with Gasteiger partial charge in [-0.1, -0.05) is 6.92 Å². The molecule has 0 spiro atoms. The van der Waals surface area contributed by atoms with Gasteiger partial charge in [-0.2, -0.15) is 0 Å². The van der Waals surface area contributed by atoms with Crippen LogP contribution in [0.1, 0.15) is 19.8 Å². The normalized spacial score (nSPS) is 25.9. The molecular formula is C7H11NO. The van der Waals surface area contributed by atoms with Gasteiger partial charge in [-0.3, -0.25) is 4.79 Å². The molecule has 50 valence electrons. The summed E-state index contributed by atoms with van der Waals surface area (Å²) in [5.74, 6) is 0.237. The number of rotatable bonds is 1. The van der Waals surface area contributed by atoms with Crippen molar-refractivity contribution in [1.29, 1.82) is 0 Å². The molecule has 0 aliphatic carbocycles. The Morgan fingerprint density at radius 2 is 2.67 bits per heavy atom. The summed E-state index contributed by atoms with van der Waals surface area (Å²) in [6.07, 6.45) is 5.01. The molecule has 0 aromatic rings.